The van der Waals surface area contributed by atoms with Gasteiger partial charge in [0, 0.05) is 13.1 Å². The van der Waals surface area contributed by atoms with Crippen molar-refractivity contribution in [3.8, 4) is 0 Å². The largest absolute Gasteiger partial charge is 0.357 e. The minimum atomic E-state index is -3.69. The van der Waals surface area contributed by atoms with Crippen molar-refractivity contribution in [3.63, 3.8) is 0 Å². The predicted octanol–water partition coefficient (Wildman–Crippen LogP) is 2.30. The molecule has 2 bridgehead atoms. The second kappa shape index (κ2) is 7.38. The highest BCUT2D eigenvalue weighted by molar-refractivity contribution is 7.89. The maximum Gasteiger partial charge on any atom is 0.327 e. The van der Waals surface area contributed by atoms with Crippen LogP contribution in [0.3, 0.4) is 0 Å². The first-order valence-electron chi connectivity index (χ1n) is 10.3. The highest BCUT2D eigenvalue weighted by atomic mass is 32.2. The van der Waals surface area contributed by atoms with E-state index in [9.17, 15) is 16.8 Å². The Bertz CT molecular complexity index is 1190. The molecule has 9 heteroatoms. The minimum absolute atomic E-state index is 0.108. The Morgan fingerprint density at radius 1 is 0.935 bits per heavy atom. The van der Waals surface area contributed by atoms with E-state index in [0.29, 0.717) is 0 Å². The van der Waals surface area contributed by atoms with Crippen molar-refractivity contribution in [3.05, 3.63) is 59.7 Å². The lowest BCUT2D eigenvalue weighted by Gasteiger charge is -2.52. The summed E-state index contributed by atoms with van der Waals surface area (Å²) in [6.45, 7) is 6.21. The van der Waals surface area contributed by atoms with Gasteiger partial charge in [-0.1, -0.05) is 35.4 Å². The third-order valence-corrected chi connectivity index (χ3v) is 10.3. The molecule has 3 atom stereocenters. The van der Waals surface area contributed by atoms with Crippen molar-refractivity contribution >= 4 is 20.0 Å². The number of hydrogen-bond donors (Lipinski definition) is 0. The zero-order chi connectivity index (χ0) is 22.7. The summed E-state index contributed by atoms with van der Waals surface area (Å²) >= 11 is 0. The molecule has 2 aliphatic rings. The summed E-state index contributed by atoms with van der Waals surface area (Å²) in [6, 6.07) is 13.6. The normalized spacial score (nSPS) is 29.6. The van der Waals surface area contributed by atoms with Gasteiger partial charge in [0.15, 0.2) is 0 Å². The zero-order valence-electron chi connectivity index (χ0n) is 18.3. The monoisotopic (exact) mass is 465 g/mol. The average molecular weight is 466 g/mol. The van der Waals surface area contributed by atoms with Crippen molar-refractivity contribution in [1.82, 2.24) is 4.31 Å². The summed E-state index contributed by atoms with van der Waals surface area (Å²) in [5, 5.41) is 0. The predicted molar refractivity (Wildman–Crippen MR) is 117 cm³/mol. The van der Waals surface area contributed by atoms with Gasteiger partial charge in [-0.2, -0.15) is 12.7 Å². The van der Waals surface area contributed by atoms with E-state index in [1.807, 2.05) is 13.8 Å². The number of fused-ring (bicyclic) bond motifs is 2. The van der Waals surface area contributed by atoms with E-state index in [-0.39, 0.29) is 39.9 Å². The van der Waals surface area contributed by atoms with Crippen molar-refractivity contribution in [2.45, 2.75) is 42.3 Å². The molecule has 2 aromatic carbocycles. The van der Waals surface area contributed by atoms with Gasteiger partial charge < -0.3 is 4.74 Å². The highest BCUT2D eigenvalue weighted by Gasteiger charge is 2.56. The van der Waals surface area contributed by atoms with Crippen molar-refractivity contribution < 1.29 is 25.5 Å². The smallest absolute Gasteiger partial charge is 0.327 e. The third-order valence-electron chi connectivity index (χ3n) is 6.19. The van der Waals surface area contributed by atoms with Gasteiger partial charge in [0.2, 0.25) is 10.0 Å². The molecule has 0 aliphatic carbocycles. The molecule has 0 aromatic heterocycles. The number of morpholine rings is 2. The topological polar surface area (TPSA) is 80.8 Å². The van der Waals surface area contributed by atoms with Gasteiger partial charge in [-0.05, 0) is 45.0 Å². The van der Waals surface area contributed by atoms with E-state index in [2.05, 4.69) is 0 Å². The molecule has 0 spiro atoms. The highest BCUT2D eigenvalue weighted by Crippen LogP contribution is 2.37. The van der Waals surface area contributed by atoms with Crippen LogP contribution < -0.4 is 0 Å². The summed E-state index contributed by atoms with van der Waals surface area (Å²) < 4.78 is 60.9. The van der Waals surface area contributed by atoms with Crippen LogP contribution in [-0.4, -0.2) is 70.0 Å². The lowest BCUT2D eigenvalue weighted by molar-refractivity contribution is -0.812. The van der Waals surface area contributed by atoms with Gasteiger partial charge in [0.1, 0.15) is 29.7 Å². The number of ether oxygens (including phenoxy) is 1. The summed E-state index contributed by atoms with van der Waals surface area (Å²) in [7, 11) is -5.67. The maximum atomic E-state index is 13.5. The van der Waals surface area contributed by atoms with Crippen molar-refractivity contribution in [2.24, 2.45) is 0 Å². The first-order valence-corrected chi connectivity index (χ1v) is 13.1. The zero-order valence-corrected chi connectivity index (χ0v) is 19.9. The van der Waals surface area contributed by atoms with Crippen LogP contribution in [0.2, 0.25) is 0 Å². The minimum Gasteiger partial charge on any atom is -0.357 e. The molecule has 0 radical (unpaired) electrons. The summed E-state index contributed by atoms with van der Waals surface area (Å²) in [6.07, 6.45) is -0.516. The molecule has 2 saturated heterocycles. The summed E-state index contributed by atoms with van der Waals surface area (Å²) in [5.74, 6) is 0. The molecule has 31 heavy (non-hydrogen) atoms. The van der Waals surface area contributed by atoms with Gasteiger partial charge in [0.25, 0.3) is 0 Å². The Labute approximate surface area is 184 Å². The molecule has 0 N–H and O–H groups in total. The first-order chi connectivity index (χ1) is 14.3. The van der Waals surface area contributed by atoms with Crippen molar-refractivity contribution in [1.29, 1.82) is 0 Å². The summed E-state index contributed by atoms with van der Waals surface area (Å²) in [4.78, 5) is 0.513. The number of hydrogen-bond acceptors (Lipinski definition) is 5. The molecule has 168 valence electrons. The maximum absolute atomic E-state index is 13.5. The molecule has 2 aromatic rings. The molecule has 7 nitrogen and oxygen atoms in total. The second-order valence-corrected chi connectivity index (χ2v) is 13.5. The Hall–Kier alpha value is -1.78. The standard InChI is InChI=1S/C22H29N2O5S2/c1-17-5-9-20(10-6-17)30(25,26)23-13-19-14-24(4,16-22(3,15-23)29-19)31(27,28)21-11-7-18(2)8-12-21/h5-12,19H,13-16H2,1-4H3/q+1. The number of rotatable bonds is 4. The Morgan fingerprint density at radius 2 is 1.45 bits per heavy atom. The quantitative estimate of drug-likeness (QED) is 0.648. The van der Waals surface area contributed by atoms with Crippen LogP contribution in [0.5, 0.6) is 0 Å². The first kappa shape index (κ1) is 22.4. The van der Waals surface area contributed by atoms with Crippen LogP contribution in [0.25, 0.3) is 0 Å². The molecule has 2 heterocycles. The number of sulfonamides is 2. The second-order valence-electron chi connectivity index (χ2n) is 9.23. The lowest BCUT2D eigenvalue weighted by Crippen LogP contribution is -2.72. The SMILES string of the molecule is Cc1ccc(S(=O)(=O)N2CC3C[N+](C)(S(=O)(=O)c4ccc(C)cc4)CC(C)(C2)O3)cc1. The lowest BCUT2D eigenvalue weighted by atomic mass is 10.00. The molecule has 0 amide bonds. The molecular weight excluding hydrogens is 436 g/mol. The van der Waals surface area contributed by atoms with Crippen LogP contribution in [0.15, 0.2) is 58.3 Å². The number of likely N-dealkylation sites (N-methyl/N-ethyl adjacent to an activating group) is 1. The number of quaternary nitrogens is 1. The van der Waals surface area contributed by atoms with Gasteiger partial charge in [-0.25, -0.2) is 12.3 Å². The van der Waals surface area contributed by atoms with E-state index >= 15 is 0 Å². The fraction of sp³-hybridized carbons (Fsp3) is 0.455. The molecule has 4 rings (SSSR count). The van der Waals surface area contributed by atoms with Crippen LogP contribution in [0, 0.1) is 13.8 Å². The number of benzene rings is 2. The van der Waals surface area contributed by atoms with E-state index in [1.165, 1.54) is 4.31 Å². The van der Waals surface area contributed by atoms with Gasteiger partial charge >= 0.3 is 10.0 Å². The van der Waals surface area contributed by atoms with Crippen LogP contribution >= 0.6 is 0 Å². The molecule has 2 fully saturated rings. The Kier molecular flexibility index (Phi) is 5.34. The molecule has 0 saturated carbocycles. The van der Waals surface area contributed by atoms with Crippen LogP contribution in [0.1, 0.15) is 18.1 Å². The average Bonchev–Trinajstić information content (AvgIpc) is 2.67. The Balaban J connectivity index is 1.63. The van der Waals surface area contributed by atoms with Crippen LogP contribution in [0.4, 0.5) is 0 Å². The van der Waals surface area contributed by atoms with E-state index in [1.54, 1.807) is 62.5 Å². The summed E-state index contributed by atoms with van der Waals surface area (Å²) in [5.41, 5.74) is 1.06. The van der Waals surface area contributed by atoms with E-state index < -0.39 is 31.8 Å². The fourth-order valence-corrected chi connectivity index (χ4v) is 8.10. The number of nitrogens with zero attached hydrogens (tertiary/aromatic N) is 2. The fourth-order valence-electron chi connectivity index (χ4n) is 4.72. The van der Waals surface area contributed by atoms with Crippen molar-refractivity contribution in [2.75, 3.05) is 33.2 Å². The molecule has 3 unspecified atom stereocenters. The molecular formula is C22H29N2O5S2+. The third kappa shape index (κ3) is 3.93. The number of aryl methyl sites for hydroxylation is 2. The van der Waals surface area contributed by atoms with Gasteiger partial charge in [-0.3, -0.25) is 0 Å². The van der Waals surface area contributed by atoms with Crippen LogP contribution in [-0.2, 0) is 24.8 Å². The van der Waals surface area contributed by atoms with E-state index in [4.69, 9.17) is 4.74 Å². The molecule has 2 aliphatic heterocycles. The van der Waals surface area contributed by atoms with Gasteiger partial charge in [-0.15, -0.1) is 0 Å². The van der Waals surface area contributed by atoms with Gasteiger partial charge in [0.05, 0.1) is 11.9 Å². The van der Waals surface area contributed by atoms with E-state index in [0.717, 1.165) is 11.1 Å². The Morgan fingerprint density at radius 3 is 1.97 bits per heavy atom.